The van der Waals surface area contributed by atoms with Crippen LogP contribution in [-0.2, 0) is 6.42 Å². The fourth-order valence-corrected chi connectivity index (χ4v) is 2.21. The number of rotatable bonds is 2. The number of phenols is 1. The molecule has 0 aliphatic carbocycles. The molecule has 2 rings (SSSR count). The molecule has 1 N–H and O–H groups in total. The largest absolute Gasteiger partial charge is 0.507 e. The quantitative estimate of drug-likeness (QED) is 0.839. The van der Waals surface area contributed by atoms with Gasteiger partial charge in [0.1, 0.15) is 5.75 Å². The van der Waals surface area contributed by atoms with Crippen LogP contribution in [0.15, 0.2) is 23.6 Å². The maximum atomic E-state index is 9.79. The van der Waals surface area contributed by atoms with Crippen molar-refractivity contribution in [2.75, 3.05) is 0 Å². The second-order valence-electron chi connectivity index (χ2n) is 3.55. The molecular formula is C12H13NOS. The highest BCUT2D eigenvalue weighted by Crippen LogP contribution is 2.32. The van der Waals surface area contributed by atoms with E-state index in [-0.39, 0.29) is 0 Å². The molecule has 15 heavy (non-hydrogen) atoms. The summed E-state index contributed by atoms with van der Waals surface area (Å²) in [6, 6.07) is 5.70. The van der Waals surface area contributed by atoms with Crippen molar-refractivity contribution in [2.45, 2.75) is 20.3 Å². The van der Waals surface area contributed by atoms with Gasteiger partial charge in [-0.1, -0.05) is 13.0 Å². The van der Waals surface area contributed by atoms with E-state index in [1.165, 1.54) is 17.1 Å². The van der Waals surface area contributed by atoms with Gasteiger partial charge in [-0.3, -0.25) is 0 Å². The van der Waals surface area contributed by atoms with E-state index < -0.39 is 0 Å². The smallest absolute Gasteiger partial charge is 0.125 e. The molecule has 2 nitrogen and oxygen atoms in total. The summed E-state index contributed by atoms with van der Waals surface area (Å²) in [6.07, 6.45) is 0.969. The molecule has 0 saturated heterocycles. The van der Waals surface area contributed by atoms with Crippen LogP contribution in [0, 0.1) is 6.92 Å². The van der Waals surface area contributed by atoms with Gasteiger partial charge in [0, 0.05) is 10.9 Å². The molecule has 78 valence electrons. The van der Waals surface area contributed by atoms with Crippen molar-refractivity contribution in [3.05, 3.63) is 34.7 Å². The third-order valence-corrected chi connectivity index (χ3v) is 3.22. The first-order chi connectivity index (χ1) is 7.22. The lowest BCUT2D eigenvalue weighted by Crippen LogP contribution is -1.85. The van der Waals surface area contributed by atoms with Gasteiger partial charge in [0.2, 0.25) is 0 Å². The molecule has 0 unspecified atom stereocenters. The third kappa shape index (κ3) is 1.88. The lowest BCUT2D eigenvalue weighted by molar-refractivity contribution is 0.477. The van der Waals surface area contributed by atoms with Gasteiger partial charge < -0.3 is 5.11 Å². The predicted molar refractivity (Wildman–Crippen MR) is 63.3 cm³/mol. The van der Waals surface area contributed by atoms with Crippen molar-refractivity contribution >= 4 is 11.5 Å². The Hall–Kier alpha value is -1.35. The number of aromatic nitrogens is 1. The van der Waals surface area contributed by atoms with E-state index in [4.69, 9.17) is 0 Å². The number of hydrogen-bond donors (Lipinski definition) is 1. The van der Waals surface area contributed by atoms with E-state index >= 15 is 0 Å². The summed E-state index contributed by atoms with van der Waals surface area (Å²) in [5.41, 5.74) is 4.07. The van der Waals surface area contributed by atoms with E-state index in [0.717, 1.165) is 23.2 Å². The SMILES string of the molecule is CCc1ccc(O)c(-c2nscc2C)c1. The highest BCUT2D eigenvalue weighted by atomic mass is 32.1. The van der Waals surface area contributed by atoms with E-state index in [9.17, 15) is 5.11 Å². The molecule has 0 saturated carbocycles. The van der Waals surface area contributed by atoms with Gasteiger partial charge in [-0.05, 0) is 48.1 Å². The summed E-state index contributed by atoms with van der Waals surface area (Å²) in [4.78, 5) is 0. The Kier molecular flexibility index (Phi) is 2.73. The van der Waals surface area contributed by atoms with Crippen LogP contribution in [0.2, 0.25) is 0 Å². The third-order valence-electron chi connectivity index (χ3n) is 2.47. The van der Waals surface area contributed by atoms with Crippen LogP contribution in [0.25, 0.3) is 11.3 Å². The van der Waals surface area contributed by atoms with Gasteiger partial charge in [-0.2, -0.15) is 4.37 Å². The molecule has 3 heteroatoms. The Bertz CT molecular complexity index is 476. The first-order valence-corrected chi connectivity index (χ1v) is 5.79. The topological polar surface area (TPSA) is 33.1 Å². The Morgan fingerprint density at radius 2 is 2.20 bits per heavy atom. The number of phenolic OH excluding ortho intramolecular Hbond substituents is 1. The Balaban J connectivity index is 2.56. The van der Waals surface area contributed by atoms with Crippen LogP contribution in [0.3, 0.4) is 0 Å². The minimum absolute atomic E-state index is 0.307. The number of benzene rings is 1. The molecule has 0 atom stereocenters. The van der Waals surface area contributed by atoms with Gasteiger partial charge in [0.15, 0.2) is 0 Å². The predicted octanol–water partition coefficient (Wildman–Crippen LogP) is 3.39. The number of aryl methyl sites for hydroxylation is 2. The Labute approximate surface area is 93.4 Å². The zero-order valence-electron chi connectivity index (χ0n) is 8.82. The van der Waals surface area contributed by atoms with Gasteiger partial charge >= 0.3 is 0 Å². The van der Waals surface area contributed by atoms with Crippen LogP contribution in [0.1, 0.15) is 18.1 Å². The van der Waals surface area contributed by atoms with Crippen molar-refractivity contribution in [1.82, 2.24) is 4.37 Å². The molecule has 1 aromatic heterocycles. The van der Waals surface area contributed by atoms with Crippen molar-refractivity contribution in [1.29, 1.82) is 0 Å². The first kappa shape index (κ1) is 10.2. The summed E-state index contributed by atoms with van der Waals surface area (Å²) in [6.45, 7) is 4.11. The molecule has 2 aromatic rings. The van der Waals surface area contributed by atoms with Crippen molar-refractivity contribution < 1.29 is 5.11 Å². The Morgan fingerprint density at radius 1 is 1.40 bits per heavy atom. The molecule has 0 aliphatic rings. The number of aromatic hydroxyl groups is 1. The molecule has 0 amide bonds. The van der Waals surface area contributed by atoms with Crippen LogP contribution < -0.4 is 0 Å². The zero-order valence-corrected chi connectivity index (χ0v) is 9.64. The molecule has 0 spiro atoms. The summed E-state index contributed by atoms with van der Waals surface area (Å²) in [5.74, 6) is 0.307. The fraction of sp³-hybridized carbons (Fsp3) is 0.250. The molecule has 0 bridgehead atoms. The molecule has 0 fully saturated rings. The van der Waals surface area contributed by atoms with E-state index in [2.05, 4.69) is 11.3 Å². The second-order valence-corrected chi connectivity index (χ2v) is 4.18. The fourth-order valence-electron chi connectivity index (χ4n) is 1.54. The van der Waals surface area contributed by atoms with E-state index in [1.807, 2.05) is 24.4 Å². The molecule has 1 heterocycles. The summed E-state index contributed by atoms with van der Waals surface area (Å²) < 4.78 is 4.30. The van der Waals surface area contributed by atoms with Crippen molar-refractivity contribution in [3.8, 4) is 17.0 Å². The second kappa shape index (κ2) is 4.03. The Morgan fingerprint density at radius 3 is 2.80 bits per heavy atom. The average molecular weight is 219 g/mol. The maximum Gasteiger partial charge on any atom is 0.125 e. The molecule has 0 aliphatic heterocycles. The van der Waals surface area contributed by atoms with Gasteiger partial charge in [-0.15, -0.1) is 0 Å². The molecule has 1 aromatic carbocycles. The lowest BCUT2D eigenvalue weighted by atomic mass is 10.0. The van der Waals surface area contributed by atoms with Crippen LogP contribution in [-0.4, -0.2) is 9.48 Å². The van der Waals surface area contributed by atoms with E-state index in [0.29, 0.717) is 5.75 Å². The summed E-state index contributed by atoms with van der Waals surface area (Å²) in [7, 11) is 0. The lowest BCUT2D eigenvalue weighted by Gasteiger charge is -2.05. The van der Waals surface area contributed by atoms with Crippen LogP contribution in [0.4, 0.5) is 0 Å². The van der Waals surface area contributed by atoms with Gasteiger partial charge in [0.25, 0.3) is 0 Å². The molecular weight excluding hydrogens is 206 g/mol. The first-order valence-electron chi connectivity index (χ1n) is 4.95. The highest BCUT2D eigenvalue weighted by molar-refractivity contribution is 7.04. The summed E-state index contributed by atoms with van der Waals surface area (Å²) >= 11 is 1.42. The average Bonchev–Trinajstić information content (AvgIpc) is 2.65. The standard InChI is InChI=1S/C12H13NOS/c1-3-9-4-5-11(14)10(6-9)12-8(2)7-15-13-12/h4-7,14H,3H2,1-2H3. The van der Waals surface area contributed by atoms with Crippen molar-refractivity contribution in [3.63, 3.8) is 0 Å². The monoisotopic (exact) mass is 219 g/mol. The number of nitrogens with zero attached hydrogens (tertiary/aromatic N) is 1. The van der Waals surface area contributed by atoms with Crippen LogP contribution in [0.5, 0.6) is 5.75 Å². The van der Waals surface area contributed by atoms with Crippen molar-refractivity contribution in [2.24, 2.45) is 0 Å². The highest BCUT2D eigenvalue weighted by Gasteiger charge is 2.10. The summed E-state index contributed by atoms with van der Waals surface area (Å²) in [5, 5.41) is 11.8. The zero-order chi connectivity index (χ0) is 10.8. The minimum atomic E-state index is 0.307. The molecule has 0 radical (unpaired) electrons. The number of hydrogen-bond acceptors (Lipinski definition) is 3. The maximum absolute atomic E-state index is 9.79. The van der Waals surface area contributed by atoms with E-state index in [1.54, 1.807) is 6.07 Å². The van der Waals surface area contributed by atoms with Gasteiger partial charge in [-0.25, -0.2) is 0 Å². The minimum Gasteiger partial charge on any atom is -0.507 e. The van der Waals surface area contributed by atoms with Crippen LogP contribution >= 0.6 is 11.5 Å². The van der Waals surface area contributed by atoms with Gasteiger partial charge in [0.05, 0.1) is 5.69 Å². The normalized spacial score (nSPS) is 10.5.